The number of amides is 2. The van der Waals surface area contributed by atoms with Crippen LogP contribution in [0, 0.1) is 0 Å². The molecule has 1 aliphatic rings. The van der Waals surface area contributed by atoms with E-state index in [4.69, 9.17) is 21.1 Å². The lowest BCUT2D eigenvalue weighted by atomic mass is 10.0. The quantitative estimate of drug-likeness (QED) is 0.790. The monoisotopic (exact) mass is 389 g/mol. The number of fused-ring (bicyclic) bond motifs is 1. The van der Waals surface area contributed by atoms with E-state index in [0.717, 1.165) is 24.3 Å². The van der Waals surface area contributed by atoms with Gasteiger partial charge in [0.15, 0.2) is 0 Å². The van der Waals surface area contributed by atoms with Crippen LogP contribution in [0.15, 0.2) is 36.4 Å². The van der Waals surface area contributed by atoms with Crippen LogP contribution in [0.5, 0.6) is 11.5 Å². The predicted octanol–water partition coefficient (Wildman–Crippen LogP) is 3.71. The minimum Gasteiger partial charge on any atom is -0.495 e. The number of likely N-dealkylation sites (N-methyl/N-ethyl adjacent to an activating group) is 1. The summed E-state index contributed by atoms with van der Waals surface area (Å²) in [4.78, 5) is 14.5. The first-order valence-corrected chi connectivity index (χ1v) is 9.16. The van der Waals surface area contributed by atoms with Crippen LogP contribution in [0.2, 0.25) is 5.02 Å². The number of hydrogen-bond acceptors (Lipinski definition) is 4. The van der Waals surface area contributed by atoms with Gasteiger partial charge in [-0.15, -0.1) is 0 Å². The van der Waals surface area contributed by atoms with Gasteiger partial charge in [-0.2, -0.15) is 0 Å². The normalized spacial score (nSPS) is 13.7. The van der Waals surface area contributed by atoms with Gasteiger partial charge in [-0.1, -0.05) is 23.7 Å². The van der Waals surface area contributed by atoms with E-state index in [9.17, 15) is 4.79 Å². The van der Waals surface area contributed by atoms with Crippen molar-refractivity contribution in [1.29, 1.82) is 0 Å². The van der Waals surface area contributed by atoms with Gasteiger partial charge in [-0.05, 0) is 49.5 Å². The predicted molar refractivity (Wildman–Crippen MR) is 107 cm³/mol. The second-order valence-electron chi connectivity index (χ2n) is 6.62. The summed E-state index contributed by atoms with van der Waals surface area (Å²) < 4.78 is 10.8. The molecule has 27 heavy (non-hydrogen) atoms. The van der Waals surface area contributed by atoms with Gasteiger partial charge in [-0.25, -0.2) is 4.79 Å². The van der Waals surface area contributed by atoms with Crippen LogP contribution >= 0.6 is 11.6 Å². The van der Waals surface area contributed by atoms with E-state index < -0.39 is 0 Å². The highest BCUT2D eigenvalue weighted by atomic mass is 35.5. The van der Waals surface area contributed by atoms with E-state index in [1.54, 1.807) is 25.3 Å². The third-order valence-corrected chi connectivity index (χ3v) is 4.82. The van der Waals surface area contributed by atoms with E-state index in [2.05, 4.69) is 27.7 Å². The maximum absolute atomic E-state index is 12.4. The number of urea groups is 1. The Morgan fingerprint density at radius 3 is 2.85 bits per heavy atom. The molecule has 0 aromatic heterocycles. The Morgan fingerprint density at radius 1 is 1.30 bits per heavy atom. The average molecular weight is 390 g/mol. The molecule has 2 N–H and O–H groups in total. The van der Waals surface area contributed by atoms with Gasteiger partial charge in [0.05, 0.1) is 25.4 Å². The largest absolute Gasteiger partial charge is 0.495 e. The molecule has 0 bridgehead atoms. The Kier molecular flexibility index (Phi) is 6.08. The summed E-state index contributed by atoms with van der Waals surface area (Å²) in [6.45, 7) is 1.19. The Morgan fingerprint density at radius 2 is 2.11 bits per heavy atom. The number of benzene rings is 2. The lowest BCUT2D eigenvalue weighted by molar-refractivity contribution is 0.243. The summed E-state index contributed by atoms with van der Waals surface area (Å²) in [5, 5.41) is 6.25. The van der Waals surface area contributed by atoms with E-state index in [1.165, 1.54) is 5.56 Å². The first-order chi connectivity index (χ1) is 13.0. The molecular formula is C20H24ClN3O3. The van der Waals surface area contributed by atoms with Gasteiger partial charge in [0.1, 0.15) is 11.5 Å². The third-order valence-electron chi connectivity index (χ3n) is 4.59. The second kappa shape index (κ2) is 8.50. The molecular weight excluding hydrogens is 366 g/mol. The van der Waals surface area contributed by atoms with Crippen molar-refractivity contribution >= 4 is 23.3 Å². The number of ether oxygens (including phenoxy) is 2. The summed E-state index contributed by atoms with van der Waals surface area (Å²) in [5.41, 5.74) is 2.89. The van der Waals surface area contributed by atoms with Crippen LogP contribution in [0.1, 0.15) is 17.2 Å². The summed E-state index contributed by atoms with van der Waals surface area (Å²) in [6.07, 6.45) is 0.922. The molecule has 2 aromatic carbocycles. The lowest BCUT2D eigenvalue weighted by Crippen LogP contribution is -2.37. The van der Waals surface area contributed by atoms with Gasteiger partial charge in [0.2, 0.25) is 0 Å². The smallest absolute Gasteiger partial charge is 0.319 e. The molecule has 0 spiro atoms. The standard InChI is InChI=1S/C20H24ClN3O3/c1-24(2)17(13-4-6-18-14(10-13)8-9-27-18)12-22-20(25)23-16-11-15(21)5-7-19(16)26-3/h4-7,10-11,17H,8-9,12H2,1-3H3,(H2,22,23,25). The second-order valence-corrected chi connectivity index (χ2v) is 7.06. The topological polar surface area (TPSA) is 62.8 Å². The Balaban J connectivity index is 1.66. The molecule has 0 fully saturated rings. The van der Waals surface area contributed by atoms with Crippen molar-refractivity contribution in [3.63, 3.8) is 0 Å². The maximum Gasteiger partial charge on any atom is 0.319 e. The van der Waals surface area contributed by atoms with Crippen molar-refractivity contribution in [1.82, 2.24) is 10.2 Å². The number of anilines is 1. The number of carbonyl (C=O) groups excluding carboxylic acids is 1. The zero-order valence-electron chi connectivity index (χ0n) is 15.7. The van der Waals surface area contributed by atoms with Crippen molar-refractivity contribution in [2.45, 2.75) is 12.5 Å². The highest BCUT2D eigenvalue weighted by molar-refractivity contribution is 6.31. The van der Waals surface area contributed by atoms with Gasteiger partial charge >= 0.3 is 6.03 Å². The highest BCUT2D eigenvalue weighted by Crippen LogP contribution is 2.30. The molecule has 1 heterocycles. The van der Waals surface area contributed by atoms with Gasteiger partial charge in [-0.3, -0.25) is 0 Å². The molecule has 0 aliphatic carbocycles. The van der Waals surface area contributed by atoms with Crippen molar-refractivity contribution in [3.8, 4) is 11.5 Å². The summed E-state index contributed by atoms with van der Waals surface area (Å²) in [7, 11) is 5.54. The molecule has 6 nitrogen and oxygen atoms in total. The van der Waals surface area contributed by atoms with E-state index in [1.807, 2.05) is 20.2 Å². The number of methoxy groups -OCH3 is 1. The van der Waals surface area contributed by atoms with Crippen molar-refractivity contribution in [3.05, 3.63) is 52.5 Å². The number of halogens is 1. The molecule has 144 valence electrons. The van der Waals surface area contributed by atoms with Gasteiger partial charge in [0, 0.05) is 18.0 Å². The fraction of sp³-hybridized carbons (Fsp3) is 0.350. The minimum absolute atomic E-state index is 0.0444. The van der Waals surface area contributed by atoms with Crippen molar-refractivity contribution < 1.29 is 14.3 Å². The number of nitrogens with one attached hydrogen (secondary N) is 2. The van der Waals surface area contributed by atoms with Crippen LogP contribution in [-0.2, 0) is 6.42 Å². The lowest BCUT2D eigenvalue weighted by Gasteiger charge is -2.25. The number of carbonyl (C=O) groups is 1. The fourth-order valence-corrected chi connectivity index (χ4v) is 3.32. The Bertz CT molecular complexity index is 826. The Hall–Kier alpha value is -2.44. The molecule has 3 rings (SSSR count). The van der Waals surface area contributed by atoms with Crippen LogP contribution in [-0.4, -0.2) is 45.3 Å². The van der Waals surface area contributed by atoms with Gasteiger partial charge in [0.25, 0.3) is 0 Å². The average Bonchev–Trinajstić information content (AvgIpc) is 3.09. The molecule has 0 radical (unpaired) electrons. The zero-order chi connectivity index (χ0) is 19.4. The molecule has 1 unspecified atom stereocenters. The van der Waals surface area contributed by atoms with E-state index in [0.29, 0.717) is 23.0 Å². The first-order valence-electron chi connectivity index (χ1n) is 8.78. The van der Waals surface area contributed by atoms with Crippen LogP contribution in [0.4, 0.5) is 10.5 Å². The highest BCUT2D eigenvalue weighted by Gasteiger charge is 2.19. The third kappa shape index (κ3) is 4.64. The van der Waals surface area contributed by atoms with E-state index >= 15 is 0 Å². The fourth-order valence-electron chi connectivity index (χ4n) is 3.15. The van der Waals surface area contributed by atoms with Crippen LogP contribution in [0.3, 0.4) is 0 Å². The number of hydrogen-bond donors (Lipinski definition) is 2. The summed E-state index contributed by atoms with van der Waals surface area (Å²) in [5.74, 6) is 1.51. The Labute approximate surface area is 164 Å². The summed E-state index contributed by atoms with van der Waals surface area (Å²) in [6, 6.07) is 11.0. The van der Waals surface area contributed by atoms with Crippen molar-refractivity contribution in [2.75, 3.05) is 39.7 Å². The molecule has 1 aliphatic heterocycles. The van der Waals surface area contributed by atoms with Crippen LogP contribution < -0.4 is 20.1 Å². The zero-order valence-corrected chi connectivity index (χ0v) is 16.5. The number of nitrogens with zero attached hydrogens (tertiary/aromatic N) is 1. The molecule has 0 saturated carbocycles. The van der Waals surface area contributed by atoms with Crippen LogP contribution in [0.25, 0.3) is 0 Å². The SMILES string of the molecule is COc1ccc(Cl)cc1NC(=O)NCC(c1ccc2c(c1)CCO2)N(C)C. The first kappa shape index (κ1) is 19.3. The van der Waals surface area contributed by atoms with Crippen molar-refractivity contribution in [2.24, 2.45) is 0 Å². The summed E-state index contributed by atoms with van der Waals surface area (Å²) >= 11 is 6.01. The minimum atomic E-state index is -0.313. The van der Waals surface area contributed by atoms with Gasteiger partial charge < -0.3 is 25.0 Å². The number of rotatable bonds is 6. The molecule has 2 aromatic rings. The molecule has 7 heteroatoms. The molecule has 0 saturated heterocycles. The molecule has 2 amide bonds. The maximum atomic E-state index is 12.4. The molecule has 1 atom stereocenters. The van der Waals surface area contributed by atoms with E-state index in [-0.39, 0.29) is 12.1 Å².